The molecule has 0 bridgehead atoms. The van der Waals surface area contributed by atoms with Crippen LogP contribution in [0.5, 0.6) is 0 Å². The number of nitro groups is 1. The van der Waals surface area contributed by atoms with E-state index < -0.39 is 4.92 Å². The zero-order chi connectivity index (χ0) is 22.3. The van der Waals surface area contributed by atoms with Gasteiger partial charge < -0.3 is 5.32 Å². The Bertz CT molecular complexity index is 1120. The van der Waals surface area contributed by atoms with Crippen molar-refractivity contribution in [3.63, 3.8) is 0 Å². The highest BCUT2D eigenvalue weighted by Gasteiger charge is 2.21. The maximum Gasteiger partial charge on any atom is 0.333 e. The average molecular weight is 437 g/mol. The Morgan fingerprint density at radius 2 is 1.72 bits per heavy atom. The lowest BCUT2D eigenvalue weighted by molar-refractivity contribution is -0.843. The Morgan fingerprint density at radius 1 is 1.00 bits per heavy atom. The molecule has 0 unspecified atom stereocenters. The van der Waals surface area contributed by atoms with Gasteiger partial charge in [-0.3, -0.25) is 15.0 Å². The lowest BCUT2D eigenvalue weighted by atomic mass is 10.1. The number of para-hydroxylation sites is 1. The van der Waals surface area contributed by atoms with Crippen LogP contribution in [0.25, 0.3) is 0 Å². The number of anilines is 3. The normalized spacial score (nSPS) is 14.4. The molecule has 0 radical (unpaired) electrons. The van der Waals surface area contributed by atoms with Crippen LogP contribution >= 0.6 is 0 Å². The Labute approximate surface area is 183 Å². The van der Waals surface area contributed by atoms with Crippen LogP contribution in [0.1, 0.15) is 24.8 Å². The number of aromatic nitrogens is 3. The van der Waals surface area contributed by atoms with E-state index in [1.165, 1.54) is 30.8 Å². The van der Waals surface area contributed by atoms with Crippen molar-refractivity contribution in [3.05, 3.63) is 70.0 Å². The lowest BCUT2D eigenvalue weighted by Gasteiger charge is -2.21. The van der Waals surface area contributed by atoms with Crippen LogP contribution in [-0.4, -0.2) is 39.2 Å². The fourth-order valence-electron chi connectivity index (χ4n) is 3.43. The summed E-state index contributed by atoms with van der Waals surface area (Å²) in [5.74, 6) is 0.736. The molecule has 0 atom stereocenters. The molecule has 3 aromatic rings. The van der Waals surface area contributed by atoms with E-state index in [2.05, 4.69) is 30.8 Å². The summed E-state index contributed by atoms with van der Waals surface area (Å²) in [4.78, 5) is 25.2. The first-order chi connectivity index (χ1) is 15.6. The number of nitro benzene ring substituents is 1. The minimum absolute atomic E-state index is 0.0502. The number of halogens is 1. The Balaban J connectivity index is 1.58. The van der Waals surface area contributed by atoms with Gasteiger partial charge in [0.1, 0.15) is 5.82 Å². The monoisotopic (exact) mass is 437 g/mol. The second kappa shape index (κ2) is 9.88. The smallest absolute Gasteiger partial charge is 0.324 e. The number of nitrogens with zero attached hydrogens (tertiary/aromatic N) is 5. The summed E-state index contributed by atoms with van der Waals surface area (Å²) >= 11 is 0. The molecule has 2 aromatic carbocycles. The molecule has 164 valence electrons. The van der Waals surface area contributed by atoms with E-state index >= 15 is 0 Å². The highest BCUT2D eigenvalue weighted by Crippen LogP contribution is 2.17. The van der Waals surface area contributed by atoms with E-state index in [4.69, 9.17) is 0 Å². The molecule has 3 N–H and O–H groups in total. The van der Waals surface area contributed by atoms with Gasteiger partial charge in [-0.2, -0.15) is 10.1 Å². The zero-order valence-corrected chi connectivity index (χ0v) is 17.2. The summed E-state index contributed by atoms with van der Waals surface area (Å²) < 4.78 is 13.2. The largest absolute Gasteiger partial charge is 0.333 e. The van der Waals surface area contributed by atoms with Crippen molar-refractivity contribution in [2.24, 2.45) is 5.10 Å². The van der Waals surface area contributed by atoms with Gasteiger partial charge in [-0.15, -0.1) is 9.97 Å². The van der Waals surface area contributed by atoms with E-state index in [-0.39, 0.29) is 17.5 Å². The second-order valence-corrected chi connectivity index (χ2v) is 7.29. The molecular formula is C21H22FN8O2+. The number of piperidine rings is 1. The minimum atomic E-state index is -0.465. The summed E-state index contributed by atoms with van der Waals surface area (Å²) in [5.41, 5.74) is 3.68. The zero-order valence-electron chi connectivity index (χ0n) is 17.2. The van der Waals surface area contributed by atoms with Crippen molar-refractivity contribution in [2.45, 2.75) is 19.3 Å². The van der Waals surface area contributed by atoms with Crippen LogP contribution in [0.4, 0.5) is 33.6 Å². The first-order valence-corrected chi connectivity index (χ1v) is 10.2. The fraction of sp³-hybridized carbons (Fsp3) is 0.238. The van der Waals surface area contributed by atoms with Gasteiger partial charge in [0.25, 0.3) is 11.6 Å². The van der Waals surface area contributed by atoms with Crippen molar-refractivity contribution in [1.82, 2.24) is 15.0 Å². The third-order valence-corrected chi connectivity index (χ3v) is 5.01. The van der Waals surface area contributed by atoms with Crippen molar-refractivity contribution in [1.29, 1.82) is 0 Å². The number of benzene rings is 2. The molecule has 0 aliphatic carbocycles. The van der Waals surface area contributed by atoms with Gasteiger partial charge in [0.05, 0.1) is 29.8 Å². The van der Waals surface area contributed by atoms with Gasteiger partial charge in [0.15, 0.2) is 0 Å². The fourth-order valence-corrected chi connectivity index (χ4v) is 3.43. The van der Waals surface area contributed by atoms with Gasteiger partial charge in [-0.1, -0.05) is 12.1 Å². The van der Waals surface area contributed by atoms with Crippen LogP contribution in [-0.2, 0) is 0 Å². The topological polar surface area (TPSA) is 123 Å². The van der Waals surface area contributed by atoms with Gasteiger partial charge >= 0.3 is 5.95 Å². The van der Waals surface area contributed by atoms with Crippen molar-refractivity contribution in [2.75, 3.05) is 23.8 Å². The summed E-state index contributed by atoms with van der Waals surface area (Å²) in [6.45, 7) is 1.83. The molecule has 1 aromatic heterocycles. The summed E-state index contributed by atoms with van der Waals surface area (Å²) in [5, 5.41) is 18.3. The third kappa shape index (κ3) is 5.38. The van der Waals surface area contributed by atoms with E-state index in [1.807, 2.05) is 0 Å². The summed E-state index contributed by atoms with van der Waals surface area (Å²) in [6, 6.07) is 12.2. The van der Waals surface area contributed by atoms with Gasteiger partial charge in [-0.25, -0.2) is 9.82 Å². The molecule has 1 aliphatic rings. The number of quaternary nitrogens is 1. The Kier molecular flexibility index (Phi) is 6.56. The number of hydrazone groups is 1. The standard InChI is InChI=1S/C21H21FN8O2/c22-16-8-10-17(11-9-16)24-19-25-20(27-21(26-19)29-12-4-1-5-13-29)28-23-14-15-6-2-3-7-18(15)30(31)32/h2-3,6-11,14H,1,4-5,12-13H2,(H2,24,25,26,27,28)/p+1/b23-14+. The molecule has 4 rings (SSSR count). The van der Waals surface area contributed by atoms with E-state index in [0.29, 0.717) is 23.1 Å². The quantitative estimate of drug-likeness (QED) is 0.295. The first kappa shape index (κ1) is 21.2. The molecule has 11 heteroatoms. The molecule has 1 saturated heterocycles. The van der Waals surface area contributed by atoms with Crippen LogP contribution in [0.2, 0.25) is 0 Å². The van der Waals surface area contributed by atoms with Crippen molar-refractivity contribution >= 4 is 35.4 Å². The molecule has 10 nitrogen and oxygen atoms in total. The number of nitrogens with one attached hydrogen (secondary N) is 3. The summed E-state index contributed by atoms with van der Waals surface area (Å²) in [7, 11) is 0. The van der Waals surface area contributed by atoms with Crippen LogP contribution < -0.4 is 15.6 Å². The van der Waals surface area contributed by atoms with E-state index in [1.54, 1.807) is 30.3 Å². The van der Waals surface area contributed by atoms with Crippen molar-refractivity contribution < 1.29 is 14.2 Å². The van der Waals surface area contributed by atoms with Gasteiger partial charge in [0, 0.05) is 11.8 Å². The average Bonchev–Trinajstić information content (AvgIpc) is 2.81. The molecule has 1 aliphatic heterocycles. The third-order valence-electron chi connectivity index (χ3n) is 5.01. The predicted molar refractivity (Wildman–Crippen MR) is 118 cm³/mol. The lowest BCUT2D eigenvalue weighted by Crippen LogP contribution is -3.08. The molecular weight excluding hydrogens is 415 g/mol. The van der Waals surface area contributed by atoms with Gasteiger partial charge in [-0.05, 0) is 49.6 Å². The SMILES string of the molecule is O=[N+]([O-])c1ccccc1/C=N/Nc1nc(Nc2ccc(F)cc2)nc([NH+]2CCCCC2)n1. The molecule has 0 spiro atoms. The first-order valence-electron chi connectivity index (χ1n) is 10.2. The molecule has 2 heterocycles. The minimum Gasteiger partial charge on any atom is -0.324 e. The van der Waals surface area contributed by atoms with Crippen LogP contribution in [0.15, 0.2) is 53.6 Å². The summed E-state index contributed by atoms with van der Waals surface area (Å²) in [6.07, 6.45) is 4.70. The second-order valence-electron chi connectivity index (χ2n) is 7.29. The highest BCUT2D eigenvalue weighted by atomic mass is 19.1. The van der Waals surface area contributed by atoms with Gasteiger partial charge in [0.2, 0.25) is 5.95 Å². The molecule has 0 saturated carbocycles. The highest BCUT2D eigenvalue weighted by molar-refractivity contribution is 5.85. The van der Waals surface area contributed by atoms with Crippen LogP contribution in [0, 0.1) is 15.9 Å². The molecule has 0 amide bonds. The maximum atomic E-state index is 13.2. The number of hydrogen-bond donors (Lipinski definition) is 3. The van der Waals surface area contributed by atoms with Crippen LogP contribution in [0.3, 0.4) is 0 Å². The maximum absolute atomic E-state index is 13.2. The molecule has 32 heavy (non-hydrogen) atoms. The number of rotatable bonds is 7. The van der Waals surface area contributed by atoms with E-state index in [9.17, 15) is 14.5 Å². The van der Waals surface area contributed by atoms with E-state index in [0.717, 1.165) is 30.8 Å². The Morgan fingerprint density at radius 3 is 2.47 bits per heavy atom. The predicted octanol–water partition coefficient (Wildman–Crippen LogP) is 2.81. The Hall–Kier alpha value is -3.99. The molecule has 1 fully saturated rings. The number of hydrogen-bond acceptors (Lipinski definition) is 8. The van der Waals surface area contributed by atoms with Crippen molar-refractivity contribution in [3.8, 4) is 0 Å².